The first-order chi connectivity index (χ1) is 8.77. The minimum atomic E-state index is -3.67. The van der Waals surface area contributed by atoms with Gasteiger partial charge in [-0.15, -0.1) is 0 Å². The fourth-order valence-corrected chi connectivity index (χ4v) is 3.90. The fourth-order valence-electron chi connectivity index (χ4n) is 1.62. The molecule has 19 heavy (non-hydrogen) atoms. The smallest absolute Gasteiger partial charge is 0.241 e. The maximum Gasteiger partial charge on any atom is 0.241 e. The maximum absolute atomic E-state index is 13.2. The van der Waals surface area contributed by atoms with Gasteiger partial charge in [-0.3, -0.25) is 0 Å². The largest absolute Gasteiger partial charge is 0.396 e. The first-order valence-electron chi connectivity index (χ1n) is 5.93. The van der Waals surface area contributed by atoms with Crippen LogP contribution in [0.1, 0.15) is 19.4 Å². The summed E-state index contributed by atoms with van der Waals surface area (Å²) in [5.41, 5.74) is 5.60. The van der Waals surface area contributed by atoms with Crippen molar-refractivity contribution in [3.8, 4) is 0 Å². The molecule has 0 aliphatic carbocycles. The van der Waals surface area contributed by atoms with Crippen molar-refractivity contribution in [1.82, 2.24) is 4.72 Å². The van der Waals surface area contributed by atoms with Crippen LogP contribution in [0.3, 0.4) is 0 Å². The molecular weight excluding hydrogens is 287 g/mol. The summed E-state index contributed by atoms with van der Waals surface area (Å²) in [5, 5.41) is 0. The van der Waals surface area contributed by atoms with Gasteiger partial charge in [-0.25, -0.2) is 17.5 Å². The molecule has 3 N–H and O–H groups in total. The maximum atomic E-state index is 13.2. The first kappa shape index (κ1) is 16.3. The van der Waals surface area contributed by atoms with Gasteiger partial charge in [0.05, 0.1) is 10.6 Å². The van der Waals surface area contributed by atoms with Gasteiger partial charge in [-0.1, -0.05) is 6.92 Å². The molecule has 0 saturated carbocycles. The van der Waals surface area contributed by atoms with E-state index in [4.69, 9.17) is 5.73 Å². The minimum absolute atomic E-state index is 0.0275. The predicted molar refractivity (Wildman–Crippen MR) is 78.3 cm³/mol. The molecule has 0 amide bonds. The number of nitrogens with one attached hydrogen (secondary N) is 1. The summed E-state index contributed by atoms with van der Waals surface area (Å²) in [6, 6.07) is 2.10. The van der Waals surface area contributed by atoms with E-state index in [1.54, 1.807) is 25.6 Å². The lowest BCUT2D eigenvalue weighted by molar-refractivity contribution is 0.569. The van der Waals surface area contributed by atoms with Crippen LogP contribution >= 0.6 is 11.8 Å². The van der Waals surface area contributed by atoms with Gasteiger partial charge >= 0.3 is 0 Å². The van der Waals surface area contributed by atoms with Gasteiger partial charge in [0.15, 0.2) is 0 Å². The van der Waals surface area contributed by atoms with Gasteiger partial charge in [0.25, 0.3) is 0 Å². The quantitative estimate of drug-likeness (QED) is 0.790. The standard InChI is InChI=1S/C12H19FN2O2S2/c1-4-18-7-9(3)15-19(16,17)12-6-11(14)10(13)5-8(12)2/h5-6,9,15H,4,7,14H2,1-3H3. The molecule has 0 aromatic heterocycles. The van der Waals surface area contributed by atoms with Crippen molar-refractivity contribution in [2.75, 3.05) is 17.2 Å². The molecule has 7 heteroatoms. The number of hydrogen-bond acceptors (Lipinski definition) is 4. The van der Waals surface area contributed by atoms with Crippen LogP contribution < -0.4 is 10.5 Å². The average molecular weight is 306 g/mol. The summed E-state index contributed by atoms with van der Waals surface area (Å²) in [6.45, 7) is 5.35. The van der Waals surface area contributed by atoms with Gasteiger partial charge in [-0.05, 0) is 37.3 Å². The van der Waals surface area contributed by atoms with Crippen LogP contribution in [0.15, 0.2) is 17.0 Å². The third-order valence-corrected chi connectivity index (χ3v) is 5.39. The predicted octanol–water partition coefficient (Wildman–Crippen LogP) is 2.14. The number of hydrogen-bond donors (Lipinski definition) is 2. The number of rotatable bonds is 6. The Bertz CT molecular complexity index is 547. The van der Waals surface area contributed by atoms with Crippen molar-refractivity contribution < 1.29 is 12.8 Å². The van der Waals surface area contributed by atoms with E-state index in [1.165, 1.54) is 0 Å². The SMILES string of the molecule is CCSCC(C)NS(=O)(=O)c1cc(N)c(F)cc1C. The van der Waals surface area contributed by atoms with Crippen molar-refractivity contribution in [2.45, 2.75) is 31.7 Å². The summed E-state index contributed by atoms with van der Waals surface area (Å²) >= 11 is 1.65. The lowest BCUT2D eigenvalue weighted by Gasteiger charge is -2.15. The van der Waals surface area contributed by atoms with Crippen molar-refractivity contribution in [3.05, 3.63) is 23.5 Å². The van der Waals surface area contributed by atoms with Crippen LogP contribution in [0, 0.1) is 12.7 Å². The Hall–Kier alpha value is -0.790. The number of thioether (sulfide) groups is 1. The molecule has 4 nitrogen and oxygen atoms in total. The van der Waals surface area contributed by atoms with Gasteiger partial charge in [0, 0.05) is 11.8 Å². The van der Waals surface area contributed by atoms with Crippen LogP contribution in [0.4, 0.5) is 10.1 Å². The lowest BCUT2D eigenvalue weighted by Crippen LogP contribution is -2.34. The van der Waals surface area contributed by atoms with Gasteiger partial charge in [0.2, 0.25) is 10.0 Å². The Morgan fingerprint density at radius 1 is 1.47 bits per heavy atom. The van der Waals surface area contributed by atoms with Crippen LogP contribution in [0.2, 0.25) is 0 Å². The van der Waals surface area contributed by atoms with Crippen molar-refractivity contribution >= 4 is 27.5 Å². The van der Waals surface area contributed by atoms with Crippen molar-refractivity contribution in [3.63, 3.8) is 0 Å². The Morgan fingerprint density at radius 3 is 2.68 bits per heavy atom. The summed E-state index contributed by atoms with van der Waals surface area (Å²) in [6.07, 6.45) is 0. The van der Waals surface area contributed by atoms with Gasteiger partial charge < -0.3 is 5.73 Å². The minimum Gasteiger partial charge on any atom is -0.396 e. The molecule has 0 aliphatic rings. The number of benzene rings is 1. The first-order valence-corrected chi connectivity index (χ1v) is 8.57. The Morgan fingerprint density at radius 2 is 2.11 bits per heavy atom. The summed E-state index contributed by atoms with van der Waals surface area (Å²) < 4.78 is 40.2. The topological polar surface area (TPSA) is 72.2 Å². The number of nitrogen functional groups attached to an aromatic ring is 1. The van der Waals surface area contributed by atoms with Gasteiger partial charge in [-0.2, -0.15) is 11.8 Å². The van der Waals surface area contributed by atoms with E-state index in [0.29, 0.717) is 11.3 Å². The van der Waals surface area contributed by atoms with E-state index in [-0.39, 0.29) is 16.6 Å². The van der Waals surface area contributed by atoms with E-state index in [2.05, 4.69) is 4.72 Å². The second-order valence-electron chi connectivity index (χ2n) is 4.32. The highest BCUT2D eigenvalue weighted by Gasteiger charge is 2.21. The molecule has 1 aromatic rings. The van der Waals surface area contributed by atoms with Crippen LogP contribution in [-0.2, 0) is 10.0 Å². The Kier molecular flexibility index (Phi) is 5.64. The molecular formula is C12H19FN2O2S2. The summed E-state index contributed by atoms with van der Waals surface area (Å²) in [7, 11) is -3.67. The number of sulfonamides is 1. The molecule has 0 saturated heterocycles. The highest BCUT2D eigenvalue weighted by Crippen LogP contribution is 2.21. The highest BCUT2D eigenvalue weighted by molar-refractivity contribution is 7.99. The zero-order chi connectivity index (χ0) is 14.6. The summed E-state index contributed by atoms with van der Waals surface area (Å²) in [5.74, 6) is 1.01. The van der Waals surface area contributed by atoms with Crippen LogP contribution in [0.25, 0.3) is 0 Å². The Balaban J connectivity index is 2.98. The second kappa shape index (κ2) is 6.58. The third-order valence-electron chi connectivity index (χ3n) is 2.51. The van der Waals surface area contributed by atoms with E-state index < -0.39 is 15.8 Å². The normalized spacial score (nSPS) is 13.5. The molecule has 0 aliphatic heterocycles. The number of anilines is 1. The van der Waals surface area contributed by atoms with Gasteiger partial charge in [0.1, 0.15) is 5.82 Å². The molecule has 1 aromatic carbocycles. The lowest BCUT2D eigenvalue weighted by atomic mass is 10.2. The molecule has 0 fully saturated rings. The zero-order valence-corrected chi connectivity index (χ0v) is 12.9. The number of aryl methyl sites for hydroxylation is 1. The monoisotopic (exact) mass is 306 g/mol. The van der Waals surface area contributed by atoms with Crippen LogP contribution in [-0.4, -0.2) is 26.0 Å². The number of nitrogens with two attached hydrogens (primary N) is 1. The molecule has 0 spiro atoms. The highest BCUT2D eigenvalue weighted by atomic mass is 32.2. The molecule has 1 rings (SSSR count). The average Bonchev–Trinajstić information content (AvgIpc) is 2.30. The summed E-state index contributed by atoms with van der Waals surface area (Å²) in [4.78, 5) is 0.0275. The van der Waals surface area contributed by atoms with E-state index >= 15 is 0 Å². The zero-order valence-electron chi connectivity index (χ0n) is 11.2. The van der Waals surface area contributed by atoms with Crippen molar-refractivity contribution in [1.29, 1.82) is 0 Å². The molecule has 108 valence electrons. The second-order valence-corrected chi connectivity index (χ2v) is 7.32. The molecule has 1 unspecified atom stereocenters. The van der Waals surface area contributed by atoms with E-state index in [1.807, 2.05) is 6.92 Å². The molecule has 1 atom stereocenters. The van der Waals surface area contributed by atoms with Crippen molar-refractivity contribution in [2.24, 2.45) is 0 Å². The molecule has 0 radical (unpaired) electrons. The molecule has 0 bridgehead atoms. The van der Waals surface area contributed by atoms with E-state index in [0.717, 1.165) is 17.9 Å². The van der Waals surface area contributed by atoms with Crippen LogP contribution in [0.5, 0.6) is 0 Å². The fraction of sp³-hybridized carbons (Fsp3) is 0.500. The molecule has 0 heterocycles. The van der Waals surface area contributed by atoms with E-state index in [9.17, 15) is 12.8 Å². The number of halogens is 1. The third kappa shape index (κ3) is 4.36. The Labute approximate surface area is 118 Å².